The van der Waals surface area contributed by atoms with Gasteiger partial charge >= 0.3 is 0 Å². The number of rotatable bonds is 6. The lowest BCUT2D eigenvalue weighted by molar-refractivity contribution is 0.668. The molecule has 0 radical (unpaired) electrons. The summed E-state index contributed by atoms with van der Waals surface area (Å²) in [7, 11) is 0. The molecule has 0 fully saturated rings. The van der Waals surface area contributed by atoms with Crippen LogP contribution in [0.2, 0.25) is 0 Å². The second kappa shape index (κ2) is 14.0. The molecule has 6 nitrogen and oxygen atoms in total. The van der Waals surface area contributed by atoms with Crippen molar-refractivity contribution >= 4 is 65.7 Å². The monoisotopic (exact) mass is 806 g/mol. The normalized spacial score (nSPS) is 11.8. The van der Waals surface area contributed by atoms with Crippen molar-refractivity contribution in [3.63, 3.8) is 0 Å². The largest absolute Gasteiger partial charge is 0.456 e. The third kappa shape index (κ3) is 5.69. The number of aromatic nitrogens is 4. The van der Waals surface area contributed by atoms with Crippen LogP contribution >= 0.6 is 0 Å². The summed E-state index contributed by atoms with van der Waals surface area (Å²) < 4.78 is 15.6. The van der Waals surface area contributed by atoms with Gasteiger partial charge in [-0.25, -0.2) is 15.0 Å². The number of furan rings is 2. The van der Waals surface area contributed by atoms with Crippen molar-refractivity contribution in [2.75, 3.05) is 0 Å². The highest BCUT2D eigenvalue weighted by atomic mass is 16.3. The molecule has 4 aromatic heterocycles. The minimum atomic E-state index is 0.545. The summed E-state index contributed by atoms with van der Waals surface area (Å²) in [4.78, 5) is 15.4. The molecule has 6 heteroatoms. The molecule has 0 amide bonds. The zero-order chi connectivity index (χ0) is 41.4. The van der Waals surface area contributed by atoms with Gasteiger partial charge in [0.2, 0.25) is 0 Å². The predicted molar refractivity (Wildman–Crippen MR) is 256 cm³/mol. The summed E-state index contributed by atoms with van der Waals surface area (Å²) in [5.74, 6) is 1.67. The van der Waals surface area contributed by atoms with Gasteiger partial charge in [-0.3, -0.25) is 0 Å². The molecular formula is C57H34N4O2. The van der Waals surface area contributed by atoms with Crippen molar-refractivity contribution in [3.8, 4) is 62.1 Å². The van der Waals surface area contributed by atoms with Crippen molar-refractivity contribution in [1.82, 2.24) is 19.5 Å². The molecule has 0 saturated carbocycles. The summed E-state index contributed by atoms with van der Waals surface area (Å²) in [5, 5.41) is 6.62. The Morgan fingerprint density at radius 1 is 0.302 bits per heavy atom. The molecule has 0 aliphatic rings. The number of nitrogens with zero attached hydrogens (tertiary/aromatic N) is 4. The first-order chi connectivity index (χ1) is 31.2. The van der Waals surface area contributed by atoms with Crippen LogP contribution in [-0.2, 0) is 0 Å². The van der Waals surface area contributed by atoms with Gasteiger partial charge in [0.05, 0.1) is 22.1 Å². The van der Waals surface area contributed by atoms with E-state index < -0.39 is 0 Å². The maximum Gasteiger partial charge on any atom is 0.164 e. The van der Waals surface area contributed by atoms with Gasteiger partial charge in [-0.1, -0.05) is 152 Å². The number of para-hydroxylation sites is 2. The molecule has 13 aromatic rings. The standard InChI is InChI=1S/C57H34N4O2/c1-3-13-35(14-4-1)36-25-27-38(28-26-36)55-58-56(39-29-31-44-51(33-39)62-49-23-11-19-41(53(44)49)37-15-5-2-6-16-37)60-57(59-55)40-30-32-45-52(34-40)63-50-24-12-22-48(54(45)50)61-46-20-9-7-17-42(46)43-18-8-10-21-47(43)61/h1-34H. The molecule has 0 saturated heterocycles. The molecule has 0 unspecified atom stereocenters. The first kappa shape index (κ1) is 35.2. The van der Waals surface area contributed by atoms with Crippen LogP contribution in [0.4, 0.5) is 0 Å². The van der Waals surface area contributed by atoms with Crippen molar-refractivity contribution in [1.29, 1.82) is 0 Å². The van der Waals surface area contributed by atoms with E-state index in [2.05, 4.69) is 174 Å². The van der Waals surface area contributed by atoms with Crippen LogP contribution in [0.15, 0.2) is 215 Å². The lowest BCUT2D eigenvalue weighted by Crippen LogP contribution is -2.00. The Bertz CT molecular complexity index is 3850. The van der Waals surface area contributed by atoms with E-state index in [0.717, 1.165) is 99.5 Å². The third-order valence-corrected chi connectivity index (χ3v) is 12.3. The van der Waals surface area contributed by atoms with Gasteiger partial charge < -0.3 is 13.4 Å². The topological polar surface area (TPSA) is 69.9 Å². The number of hydrogen-bond acceptors (Lipinski definition) is 5. The van der Waals surface area contributed by atoms with Gasteiger partial charge in [-0.15, -0.1) is 0 Å². The van der Waals surface area contributed by atoms with E-state index in [0.29, 0.717) is 17.5 Å². The number of benzene rings is 9. The van der Waals surface area contributed by atoms with Crippen LogP contribution in [0.3, 0.4) is 0 Å². The van der Waals surface area contributed by atoms with E-state index >= 15 is 0 Å². The molecule has 0 spiro atoms. The lowest BCUT2D eigenvalue weighted by Gasteiger charge is -2.10. The van der Waals surface area contributed by atoms with Crippen LogP contribution in [0.5, 0.6) is 0 Å². The Hall–Kier alpha value is -8.61. The summed E-state index contributed by atoms with van der Waals surface area (Å²) >= 11 is 0. The van der Waals surface area contributed by atoms with Gasteiger partial charge in [0.25, 0.3) is 0 Å². The highest BCUT2D eigenvalue weighted by Gasteiger charge is 2.20. The molecule has 4 heterocycles. The Morgan fingerprint density at radius 2 is 0.762 bits per heavy atom. The summed E-state index contributed by atoms with van der Waals surface area (Å²) in [5.41, 5.74) is 13.6. The van der Waals surface area contributed by atoms with Gasteiger partial charge in [-0.05, 0) is 76.9 Å². The SMILES string of the molecule is c1ccc(-c2ccc(-c3nc(-c4ccc5c(c4)oc4cccc(-c6ccccc6)c45)nc(-c4ccc5c(c4)oc4cccc(-n6c7ccccc7c7ccccc76)c45)n3)cc2)cc1. The number of hydrogen-bond donors (Lipinski definition) is 0. The molecule has 63 heavy (non-hydrogen) atoms. The quantitative estimate of drug-likeness (QED) is 0.167. The van der Waals surface area contributed by atoms with E-state index in [9.17, 15) is 0 Å². The van der Waals surface area contributed by atoms with E-state index in [4.69, 9.17) is 23.8 Å². The average Bonchev–Trinajstić information content (AvgIpc) is 4.03. The Balaban J connectivity index is 0.970. The molecule has 0 aliphatic heterocycles. The zero-order valence-corrected chi connectivity index (χ0v) is 33.7. The van der Waals surface area contributed by atoms with Crippen molar-refractivity contribution in [2.45, 2.75) is 0 Å². The van der Waals surface area contributed by atoms with Crippen molar-refractivity contribution in [3.05, 3.63) is 206 Å². The second-order valence-corrected chi connectivity index (χ2v) is 15.9. The predicted octanol–water partition coefficient (Wildman–Crippen LogP) is 15.1. The smallest absolute Gasteiger partial charge is 0.164 e. The fraction of sp³-hybridized carbons (Fsp3) is 0. The summed E-state index contributed by atoms with van der Waals surface area (Å²) in [6.45, 7) is 0. The van der Waals surface area contributed by atoms with Gasteiger partial charge in [-0.2, -0.15) is 0 Å². The van der Waals surface area contributed by atoms with Crippen LogP contribution in [0, 0.1) is 0 Å². The first-order valence-corrected chi connectivity index (χ1v) is 21.1. The molecule has 0 N–H and O–H groups in total. The Kier molecular flexibility index (Phi) is 7.80. The molecular weight excluding hydrogens is 773 g/mol. The highest BCUT2D eigenvalue weighted by Crippen LogP contribution is 2.41. The fourth-order valence-electron chi connectivity index (χ4n) is 9.34. The van der Waals surface area contributed by atoms with Gasteiger partial charge in [0.15, 0.2) is 17.5 Å². The summed E-state index contributed by atoms with van der Waals surface area (Å²) in [6.07, 6.45) is 0. The van der Waals surface area contributed by atoms with Crippen molar-refractivity contribution in [2.24, 2.45) is 0 Å². The molecule has 0 aliphatic carbocycles. The van der Waals surface area contributed by atoms with Gasteiger partial charge in [0, 0.05) is 43.6 Å². The fourth-order valence-corrected chi connectivity index (χ4v) is 9.34. The van der Waals surface area contributed by atoms with E-state index in [-0.39, 0.29) is 0 Å². The molecule has 294 valence electrons. The van der Waals surface area contributed by atoms with Crippen LogP contribution < -0.4 is 0 Å². The highest BCUT2D eigenvalue weighted by molar-refractivity contribution is 6.15. The summed E-state index contributed by atoms with van der Waals surface area (Å²) in [6, 6.07) is 71.4. The van der Waals surface area contributed by atoms with E-state index in [1.54, 1.807) is 0 Å². The molecule has 13 rings (SSSR count). The Labute approximate surface area is 361 Å². The minimum absolute atomic E-state index is 0.545. The maximum atomic E-state index is 6.68. The minimum Gasteiger partial charge on any atom is -0.456 e. The number of fused-ring (bicyclic) bond motifs is 9. The molecule has 0 atom stereocenters. The van der Waals surface area contributed by atoms with Crippen LogP contribution in [-0.4, -0.2) is 19.5 Å². The molecule has 9 aromatic carbocycles. The van der Waals surface area contributed by atoms with Gasteiger partial charge in [0.1, 0.15) is 22.3 Å². The Morgan fingerprint density at radius 3 is 1.38 bits per heavy atom. The zero-order valence-electron chi connectivity index (χ0n) is 33.7. The third-order valence-electron chi connectivity index (χ3n) is 12.3. The van der Waals surface area contributed by atoms with E-state index in [1.807, 2.05) is 36.4 Å². The first-order valence-electron chi connectivity index (χ1n) is 21.1. The average molecular weight is 807 g/mol. The maximum absolute atomic E-state index is 6.68. The van der Waals surface area contributed by atoms with Crippen LogP contribution in [0.25, 0.3) is 128 Å². The van der Waals surface area contributed by atoms with Crippen molar-refractivity contribution < 1.29 is 8.83 Å². The molecule has 0 bridgehead atoms. The second-order valence-electron chi connectivity index (χ2n) is 15.9. The van der Waals surface area contributed by atoms with E-state index in [1.165, 1.54) is 10.8 Å². The van der Waals surface area contributed by atoms with Crippen LogP contribution in [0.1, 0.15) is 0 Å². The lowest BCUT2D eigenvalue weighted by atomic mass is 9.99.